The summed E-state index contributed by atoms with van der Waals surface area (Å²) in [6.45, 7) is 1.07. The van der Waals surface area contributed by atoms with Gasteiger partial charge >= 0.3 is 6.18 Å². The van der Waals surface area contributed by atoms with Gasteiger partial charge < -0.3 is 9.64 Å². The van der Waals surface area contributed by atoms with Crippen LogP contribution >= 0.6 is 15.9 Å². The van der Waals surface area contributed by atoms with Gasteiger partial charge in [-0.15, -0.1) is 0 Å². The topological polar surface area (TPSA) is 58.6 Å². The number of ether oxygens (including phenoxy) is 1. The fourth-order valence-corrected chi connectivity index (χ4v) is 4.64. The van der Waals surface area contributed by atoms with Crippen LogP contribution in [0.25, 0.3) is 0 Å². The average molecular weight is 515 g/mol. The zero-order valence-electron chi connectivity index (χ0n) is 15.4. The zero-order chi connectivity index (χ0) is 22.3. The fraction of sp³-hybridized carbons (Fsp3) is 0.333. The summed E-state index contributed by atoms with van der Waals surface area (Å²) in [6, 6.07) is 3.59. The van der Waals surface area contributed by atoms with Crippen molar-refractivity contribution < 1.29 is 35.1 Å². The molecule has 0 aliphatic carbocycles. The number of alkyl halides is 3. The molecule has 1 N–H and O–H groups in total. The van der Waals surface area contributed by atoms with Crippen molar-refractivity contribution in [2.24, 2.45) is 0 Å². The highest BCUT2D eigenvalue weighted by molar-refractivity contribution is 9.10. The van der Waals surface area contributed by atoms with E-state index in [9.17, 15) is 30.4 Å². The van der Waals surface area contributed by atoms with Gasteiger partial charge in [0.1, 0.15) is 28.4 Å². The molecule has 0 amide bonds. The van der Waals surface area contributed by atoms with Crippen molar-refractivity contribution >= 4 is 31.6 Å². The smallest absolute Gasteiger partial charge is 0.419 e. The number of nitrogens with zero attached hydrogens (tertiary/aromatic N) is 1. The van der Waals surface area contributed by atoms with E-state index in [-0.39, 0.29) is 10.2 Å². The van der Waals surface area contributed by atoms with Crippen LogP contribution in [-0.2, 0) is 16.2 Å². The summed E-state index contributed by atoms with van der Waals surface area (Å²) >= 11 is 2.77. The van der Waals surface area contributed by atoms with Crippen molar-refractivity contribution in [3.63, 3.8) is 0 Å². The Balaban J connectivity index is 1.94. The van der Waals surface area contributed by atoms with Gasteiger partial charge in [0.15, 0.2) is 0 Å². The Labute approximate surface area is 178 Å². The van der Waals surface area contributed by atoms with E-state index in [1.165, 1.54) is 0 Å². The van der Waals surface area contributed by atoms with Gasteiger partial charge in [-0.25, -0.2) is 17.2 Å². The van der Waals surface area contributed by atoms with Crippen molar-refractivity contribution in [2.45, 2.75) is 23.6 Å². The van der Waals surface area contributed by atoms with Crippen molar-refractivity contribution in [2.75, 3.05) is 24.9 Å². The average Bonchev–Trinajstić information content (AvgIpc) is 3.01. The summed E-state index contributed by atoms with van der Waals surface area (Å²) in [5, 5.41) is 0. The summed E-state index contributed by atoms with van der Waals surface area (Å²) in [5.74, 6) is -2.89. The van der Waals surface area contributed by atoms with E-state index in [1.54, 1.807) is 7.05 Å². The first kappa shape index (κ1) is 22.8. The molecular weight excluding hydrogens is 499 g/mol. The largest absolute Gasteiger partial charge is 0.488 e. The first-order valence-corrected chi connectivity index (χ1v) is 10.9. The third-order valence-corrected chi connectivity index (χ3v) is 6.45. The van der Waals surface area contributed by atoms with Gasteiger partial charge in [0.2, 0.25) is 0 Å². The minimum absolute atomic E-state index is 0.260. The van der Waals surface area contributed by atoms with Crippen molar-refractivity contribution in [3.8, 4) is 5.75 Å². The molecule has 3 rings (SSSR count). The lowest BCUT2D eigenvalue weighted by atomic mass is 10.1. The van der Waals surface area contributed by atoms with Gasteiger partial charge in [-0.1, -0.05) is 0 Å². The SMILES string of the molecule is CN1CCC(Oc2cc(NS(=O)(=O)c3cc(Br)c(F)cc3F)ccc2C(F)(F)F)C1. The number of rotatable bonds is 5. The molecule has 1 heterocycles. The van der Waals surface area contributed by atoms with E-state index in [0.29, 0.717) is 31.6 Å². The normalized spacial score (nSPS) is 17.9. The Morgan fingerprint density at radius 3 is 2.47 bits per heavy atom. The number of likely N-dealkylation sites (tertiary alicyclic amines) is 1. The monoisotopic (exact) mass is 514 g/mol. The van der Waals surface area contributed by atoms with Crippen molar-refractivity contribution in [1.82, 2.24) is 4.90 Å². The quantitative estimate of drug-likeness (QED) is 0.466. The van der Waals surface area contributed by atoms with Crippen LogP contribution in [-0.4, -0.2) is 39.6 Å². The second kappa shape index (κ2) is 8.31. The molecule has 0 aromatic heterocycles. The summed E-state index contributed by atoms with van der Waals surface area (Å²) < 4.78 is 99.6. The predicted octanol–water partition coefficient (Wildman–Crippen LogP) is 4.63. The molecule has 0 spiro atoms. The number of halogens is 6. The number of hydrogen-bond donors (Lipinski definition) is 1. The van der Waals surface area contributed by atoms with Crippen LogP contribution in [0.15, 0.2) is 39.7 Å². The van der Waals surface area contributed by atoms with Crippen LogP contribution < -0.4 is 9.46 Å². The van der Waals surface area contributed by atoms with E-state index in [1.807, 2.05) is 9.62 Å². The molecule has 5 nitrogen and oxygen atoms in total. The molecule has 0 bridgehead atoms. The Morgan fingerprint density at radius 2 is 1.87 bits per heavy atom. The van der Waals surface area contributed by atoms with E-state index in [2.05, 4.69) is 15.9 Å². The molecule has 0 radical (unpaired) electrons. The van der Waals surface area contributed by atoms with Gasteiger partial charge in [-0.2, -0.15) is 13.2 Å². The minimum Gasteiger partial charge on any atom is -0.488 e. The van der Waals surface area contributed by atoms with Crippen LogP contribution in [0.4, 0.5) is 27.6 Å². The molecule has 1 aliphatic rings. The van der Waals surface area contributed by atoms with Gasteiger partial charge in [0.05, 0.1) is 15.7 Å². The lowest BCUT2D eigenvalue weighted by molar-refractivity contribution is -0.139. The van der Waals surface area contributed by atoms with Crippen molar-refractivity contribution in [3.05, 3.63) is 52.0 Å². The Bertz CT molecular complexity index is 1060. The van der Waals surface area contributed by atoms with Crippen LogP contribution in [0.1, 0.15) is 12.0 Å². The molecule has 30 heavy (non-hydrogen) atoms. The number of likely N-dealkylation sites (N-methyl/N-ethyl adjacent to an activating group) is 1. The zero-order valence-corrected chi connectivity index (χ0v) is 17.8. The lowest BCUT2D eigenvalue weighted by Gasteiger charge is -2.19. The molecule has 1 saturated heterocycles. The second-order valence-corrected chi connectivity index (χ2v) is 9.31. The maximum atomic E-state index is 14.0. The third kappa shape index (κ3) is 5.03. The minimum atomic E-state index is -4.72. The number of benzene rings is 2. The summed E-state index contributed by atoms with van der Waals surface area (Å²) in [6.07, 6.45) is -4.70. The highest BCUT2D eigenvalue weighted by Gasteiger charge is 2.36. The van der Waals surface area contributed by atoms with Crippen LogP contribution in [0.5, 0.6) is 5.75 Å². The van der Waals surface area contributed by atoms with Gasteiger partial charge in [0.25, 0.3) is 10.0 Å². The van der Waals surface area contributed by atoms with Gasteiger partial charge in [0, 0.05) is 25.2 Å². The molecule has 1 fully saturated rings. The van der Waals surface area contributed by atoms with E-state index < -0.39 is 50.1 Å². The molecule has 2 aromatic rings. The maximum absolute atomic E-state index is 14.0. The third-order valence-electron chi connectivity index (χ3n) is 4.45. The Morgan fingerprint density at radius 1 is 1.17 bits per heavy atom. The number of hydrogen-bond acceptors (Lipinski definition) is 4. The predicted molar refractivity (Wildman–Crippen MR) is 103 cm³/mol. The van der Waals surface area contributed by atoms with E-state index in [4.69, 9.17) is 4.74 Å². The Hall–Kier alpha value is -1.92. The molecule has 0 saturated carbocycles. The van der Waals surface area contributed by atoms with E-state index in [0.717, 1.165) is 18.2 Å². The fourth-order valence-electron chi connectivity index (χ4n) is 3.01. The summed E-state index contributed by atoms with van der Waals surface area (Å²) in [4.78, 5) is 1.02. The molecule has 12 heteroatoms. The Kier molecular flexibility index (Phi) is 6.30. The number of nitrogens with one attached hydrogen (secondary N) is 1. The van der Waals surface area contributed by atoms with Crippen LogP contribution in [0.2, 0.25) is 0 Å². The molecule has 1 unspecified atom stereocenters. The molecule has 164 valence electrons. The number of sulfonamides is 1. The summed E-state index contributed by atoms with van der Waals surface area (Å²) in [5.41, 5.74) is -1.32. The molecular formula is C18H16BrF5N2O3S. The summed E-state index contributed by atoms with van der Waals surface area (Å²) in [7, 11) is -2.75. The first-order valence-electron chi connectivity index (χ1n) is 8.60. The molecule has 1 atom stereocenters. The van der Waals surface area contributed by atoms with Gasteiger partial charge in [-0.05, 0) is 47.6 Å². The maximum Gasteiger partial charge on any atom is 0.419 e. The van der Waals surface area contributed by atoms with E-state index >= 15 is 0 Å². The molecule has 2 aromatic carbocycles. The highest BCUT2D eigenvalue weighted by Crippen LogP contribution is 2.39. The molecule has 1 aliphatic heterocycles. The van der Waals surface area contributed by atoms with Crippen molar-refractivity contribution in [1.29, 1.82) is 0 Å². The van der Waals surface area contributed by atoms with Crippen LogP contribution in [0, 0.1) is 11.6 Å². The number of anilines is 1. The second-order valence-electron chi connectivity index (χ2n) is 6.80. The van der Waals surface area contributed by atoms with Crippen LogP contribution in [0.3, 0.4) is 0 Å². The standard InChI is InChI=1S/C18H16BrF5N2O3S/c1-26-5-4-11(9-26)29-16-6-10(2-3-12(16)18(22,23)24)25-30(27,28)17-7-13(19)14(20)8-15(17)21/h2-3,6-8,11,25H,4-5,9H2,1H3. The van der Waals surface area contributed by atoms with Gasteiger partial charge in [-0.3, -0.25) is 4.72 Å². The highest BCUT2D eigenvalue weighted by atomic mass is 79.9. The lowest BCUT2D eigenvalue weighted by Crippen LogP contribution is -2.23. The first-order chi connectivity index (χ1) is 13.9.